The van der Waals surface area contributed by atoms with E-state index >= 15 is 0 Å². The molecule has 2 aromatic rings. The van der Waals surface area contributed by atoms with Crippen LogP contribution in [0.25, 0.3) is 0 Å². The van der Waals surface area contributed by atoms with Gasteiger partial charge in [-0.1, -0.05) is 6.07 Å². The Kier molecular flexibility index (Phi) is 9.27. The third-order valence-electron chi connectivity index (χ3n) is 3.52. The smallest absolute Gasteiger partial charge is 0.348 e. The van der Waals surface area contributed by atoms with Gasteiger partial charge in [0, 0.05) is 11.0 Å². The molecule has 2 rings (SSSR count). The third kappa shape index (κ3) is 6.79. The van der Waals surface area contributed by atoms with Gasteiger partial charge >= 0.3 is 5.97 Å². The molecule has 1 N–H and O–H groups in total. The molecule has 1 aromatic carbocycles. The number of carbonyl (C=O) groups excluding carboxylic acids is 2. The van der Waals surface area contributed by atoms with Crippen LogP contribution >= 0.6 is 43.2 Å². The van der Waals surface area contributed by atoms with Crippen molar-refractivity contribution in [1.29, 1.82) is 0 Å². The normalized spacial score (nSPS) is 10.4. The molecule has 0 radical (unpaired) electrons. The highest BCUT2D eigenvalue weighted by molar-refractivity contribution is 9.13. The average molecular weight is 535 g/mol. The number of hydrogen-bond acceptors (Lipinski definition) is 6. The maximum Gasteiger partial charge on any atom is 0.348 e. The van der Waals surface area contributed by atoms with Crippen molar-refractivity contribution in [2.45, 2.75) is 20.3 Å². The number of halogens is 2. The summed E-state index contributed by atoms with van der Waals surface area (Å²) in [6, 6.07) is 7.36. The number of benzene rings is 1. The van der Waals surface area contributed by atoms with Crippen LogP contribution in [0, 0.1) is 0 Å². The summed E-state index contributed by atoms with van der Waals surface area (Å²) in [6.45, 7) is 5.04. The molecule has 9 heteroatoms. The zero-order valence-corrected chi connectivity index (χ0v) is 19.5. The van der Waals surface area contributed by atoms with E-state index in [0.29, 0.717) is 42.6 Å². The minimum Gasteiger partial charge on any atom is -0.490 e. The van der Waals surface area contributed by atoms with Gasteiger partial charge in [-0.2, -0.15) is 0 Å². The number of amides is 1. The zero-order valence-electron chi connectivity index (χ0n) is 15.6. The molecule has 0 aliphatic rings. The maximum absolute atomic E-state index is 11.9. The van der Waals surface area contributed by atoms with E-state index in [1.54, 1.807) is 6.07 Å². The van der Waals surface area contributed by atoms with Crippen LogP contribution < -0.4 is 14.8 Å². The molecule has 0 aliphatic carbocycles. The van der Waals surface area contributed by atoms with Crippen molar-refractivity contribution in [2.24, 2.45) is 0 Å². The molecule has 1 heterocycles. The van der Waals surface area contributed by atoms with Crippen LogP contribution in [0.4, 0.5) is 0 Å². The third-order valence-corrected chi connectivity index (χ3v) is 6.76. The molecular formula is C19H21Br2NO5S. The van der Waals surface area contributed by atoms with E-state index in [9.17, 15) is 9.59 Å². The van der Waals surface area contributed by atoms with Gasteiger partial charge in [-0.25, -0.2) is 4.79 Å². The molecule has 6 nitrogen and oxygen atoms in total. The standard InChI is InChI=1S/C19H21Br2NO5S/c1-3-25-14-6-5-12(9-15(14)26-4-2)7-8-22-17(23)11-27-19(24)16-10-13(20)18(21)28-16/h5-6,9-10H,3-4,7-8,11H2,1-2H3,(H,22,23). The van der Waals surface area contributed by atoms with Crippen molar-refractivity contribution in [2.75, 3.05) is 26.4 Å². The average Bonchev–Trinajstić information content (AvgIpc) is 3.01. The van der Waals surface area contributed by atoms with Gasteiger partial charge in [-0.3, -0.25) is 4.79 Å². The van der Waals surface area contributed by atoms with Crippen molar-refractivity contribution in [3.05, 3.63) is 43.0 Å². The fourth-order valence-corrected chi connectivity index (χ4v) is 4.23. The van der Waals surface area contributed by atoms with E-state index in [1.165, 1.54) is 11.3 Å². The molecule has 0 atom stereocenters. The van der Waals surface area contributed by atoms with E-state index in [4.69, 9.17) is 14.2 Å². The highest BCUT2D eigenvalue weighted by Crippen LogP contribution is 2.32. The Morgan fingerprint density at radius 1 is 1.07 bits per heavy atom. The maximum atomic E-state index is 11.9. The zero-order chi connectivity index (χ0) is 20.5. The second-order valence-electron chi connectivity index (χ2n) is 5.56. The molecule has 1 amide bonds. The first-order valence-corrected chi connectivity index (χ1v) is 11.1. The Morgan fingerprint density at radius 3 is 2.43 bits per heavy atom. The summed E-state index contributed by atoms with van der Waals surface area (Å²) in [5, 5.41) is 2.74. The summed E-state index contributed by atoms with van der Waals surface area (Å²) in [5.41, 5.74) is 1.01. The van der Waals surface area contributed by atoms with E-state index < -0.39 is 5.97 Å². The summed E-state index contributed by atoms with van der Waals surface area (Å²) in [6.07, 6.45) is 0.622. The van der Waals surface area contributed by atoms with Crippen molar-refractivity contribution in [3.63, 3.8) is 0 Å². The van der Waals surface area contributed by atoms with Gasteiger partial charge in [-0.05, 0) is 75.9 Å². The van der Waals surface area contributed by atoms with Crippen LogP contribution in [0.5, 0.6) is 11.5 Å². The molecule has 0 spiro atoms. The largest absolute Gasteiger partial charge is 0.490 e. The lowest BCUT2D eigenvalue weighted by molar-refractivity contribution is -0.124. The van der Waals surface area contributed by atoms with Crippen molar-refractivity contribution >= 4 is 55.1 Å². The minimum atomic E-state index is -0.528. The number of thiophene rings is 1. The summed E-state index contributed by atoms with van der Waals surface area (Å²) < 4.78 is 17.7. The lowest BCUT2D eigenvalue weighted by Gasteiger charge is -2.12. The van der Waals surface area contributed by atoms with Gasteiger partial charge in [0.2, 0.25) is 0 Å². The SMILES string of the molecule is CCOc1ccc(CCNC(=O)COC(=O)c2cc(Br)c(Br)s2)cc1OCC. The van der Waals surface area contributed by atoms with Crippen molar-refractivity contribution in [1.82, 2.24) is 5.32 Å². The lowest BCUT2D eigenvalue weighted by Crippen LogP contribution is -2.30. The summed E-state index contributed by atoms with van der Waals surface area (Å²) in [5.74, 6) is 0.518. The Labute approximate surface area is 184 Å². The van der Waals surface area contributed by atoms with Crippen LogP contribution in [0.1, 0.15) is 29.1 Å². The molecule has 0 unspecified atom stereocenters. The van der Waals surface area contributed by atoms with Crippen LogP contribution in [-0.4, -0.2) is 38.2 Å². The Bertz CT molecular complexity index is 805. The van der Waals surface area contributed by atoms with Crippen molar-refractivity contribution < 1.29 is 23.8 Å². The number of hydrogen-bond donors (Lipinski definition) is 1. The van der Waals surface area contributed by atoms with E-state index in [-0.39, 0.29) is 12.5 Å². The molecule has 28 heavy (non-hydrogen) atoms. The summed E-state index contributed by atoms with van der Waals surface area (Å²) in [4.78, 5) is 24.3. The molecule has 0 bridgehead atoms. The molecule has 0 saturated carbocycles. The summed E-state index contributed by atoms with van der Waals surface area (Å²) >= 11 is 7.87. The number of rotatable bonds is 10. The molecule has 152 valence electrons. The Hall–Kier alpha value is -1.58. The van der Waals surface area contributed by atoms with Crippen LogP contribution in [-0.2, 0) is 16.0 Å². The molecule has 1 aromatic heterocycles. The molecule has 0 aliphatic heterocycles. The van der Waals surface area contributed by atoms with E-state index in [1.807, 2.05) is 32.0 Å². The number of ether oxygens (including phenoxy) is 3. The quantitative estimate of drug-likeness (QED) is 0.451. The predicted octanol–water partition coefficient (Wildman–Crippen LogP) is 4.59. The topological polar surface area (TPSA) is 73.9 Å². The molecular weight excluding hydrogens is 514 g/mol. The first-order chi connectivity index (χ1) is 13.4. The molecule has 0 saturated heterocycles. The number of carbonyl (C=O) groups is 2. The van der Waals surface area contributed by atoms with E-state index in [2.05, 4.69) is 37.2 Å². The van der Waals surface area contributed by atoms with Crippen LogP contribution in [0.15, 0.2) is 32.5 Å². The van der Waals surface area contributed by atoms with Gasteiger partial charge in [0.25, 0.3) is 5.91 Å². The summed E-state index contributed by atoms with van der Waals surface area (Å²) in [7, 11) is 0. The van der Waals surface area contributed by atoms with Crippen molar-refractivity contribution in [3.8, 4) is 11.5 Å². The number of nitrogens with one attached hydrogen (secondary N) is 1. The van der Waals surface area contributed by atoms with Gasteiger partial charge in [-0.15, -0.1) is 11.3 Å². The number of esters is 1. The fraction of sp³-hybridized carbons (Fsp3) is 0.368. The minimum absolute atomic E-state index is 0.320. The highest BCUT2D eigenvalue weighted by atomic mass is 79.9. The lowest BCUT2D eigenvalue weighted by atomic mass is 10.1. The second kappa shape index (κ2) is 11.4. The fourth-order valence-electron chi connectivity index (χ4n) is 2.30. The van der Waals surface area contributed by atoms with Gasteiger partial charge in [0.15, 0.2) is 18.1 Å². The monoisotopic (exact) mass is 533 g/mol. The van der Waals surface area contributed by atoms with Gasteiger partial charge < -0.3 is 19.5 Å². The predicted molar refractivity (Wildman–Crippen MR) is 115 cm³/mol. The Balaban J connectivity index is 1.78. The first-order valence-electron chi connectivity index (χ1n) is 8.71. The highest BCUT2D eigenvalue weighted by Gasteiger charge is 2.15. The first kappa shape index (κ1) is 22.7. The van der Waals surface area contributed by atoms with E-state index in [0.717, 1.165) is 13.8 Å². The van der Waals surface area contributed by atoms with Gasteiger partial charge in [0.1, 0.15) is 4.88 Å². The van der Waals surface area contributed by atoms with Crippen LogP contribution in [0.3, 0.4) is 0 Å². The Morgan fingerprint density at radius 2 is 1.79 bits per heavy atom. The van der Waals surface area contributed by atoms with Crippen LogP contribution in [0.2, 0.25) is 0 Å². The second-order valence-corrected chi connectivity index (χ2v) is 8.78. The molecule has 0 fully saturated rings. The van der Waals surface area contributed by atoms with Gasteiger partial charge in [0.05, 0.1) is 17.0 Å².